The number of aromatic nitrogens is 2. The van der Waals surface area contributed by atoms with Crippen LogP contribution in [0.25, 0.3) is 16.9 Å². The van der Waals surface area contributed by atoms with E-state index in [0.29, 0.717) is 5.75 Å². The van der Waals surface area contributed by atoms with E-state index in [-0.39, 0.29) is 11.9 Å². The first-order valence-corrected chi connectivity index (χ1v) is 10.1. The fourth-order valence-electron chi connectivity index (χ4n) is 2.91. The third-order valence-corrected chi connectivity index (χ3v) is 5.17. The van der Waals surface area contributed by atoms with E-state index in [1.807, 2.05) is 32.2 Å². The third kappa shape index (κ3) is 4.61. The number of nitrogens with one attached hydrogen (secondary N) is 1. The SMILES string of the molecule is Cc1ccc(-c2cnc(SCC(=O)NC(C)C)n2-c2ccccc2C)cc1. The lowest BCUT2D eigenvalue weighted by molar-refractivity contribution is -0.119. The predicted octanol–water partition coefficient (Wildman–Crippen LogP) is 4.77. The van der Waals surface area contributed by atoms with Gasteiger partial charge in [0.15, 0.2) is 5.16 Å². The Bertz CT molecular complexity index is 929. The number of carbonyl (C=O) groups excluding carboxylic acids is 1. The van der Waals surface area contributed by atoms with Crippen molar-refractivity contribution in [3.63, 3.8) is 0 Å². The molecule has 3 aromatic rings. The molecule has 0 atom stereocenters. The average molecular weight is 380 g/mol. The molecule has 0 saturated carbocycles. The lowest BCUT2D eigenvalue weighted by Crippen LogP contribution is -2.31. The maximum absolute atomic E-state index is 12.1. The zero-order valence-corrected chi connectivity index (χ0v) is 17.0. The van der Waals surface area contributed by atoms with Crippen LogP contribution < -0.4 is 5.32 Å². The first-order chi connectivity index (χ1) is 13.0. The topological polar surface area (TPSA) is 46.9 Å². The fourth-order valence-corrected chi connectivity index (χ4v) is 3.70. The normalized spacial score (nSPS) is 11.0. The van der Waals surface area contributed by atoms with E-state index in [4.69, 9.17) is 0 Å². The fraction of sp³-hybridized carbons (Fsp3) is 0.273. The van der Waals surface area contributed by atoms with Crippen LogP contribution in [0.2, 0.25) is 0 Å². The Morgan fingerprint density at radius 2 is 1.81 bits per heavy atom. The van der Waals surface area contributed by atoms with Crippen molar-refractivity contribution in [3.05, 3.63) is 65.9 Å². The summed E-state index contributed by atoms with van der Waals surface area (Å²) in [4.78, 5) is 16.7. The number of aryl methyl sites for hydroxylation is 2. The van der Waals surface area contributed by atoms with Crippen molar-refractivity contribution in [2.45, 2.75) is 38.9 Å². The van der Waals surface area contributed by atoms with E-state index in [0.717, 1.165) is 27.7 Å². The molecular weight excluding hydrogens is 354 g/mol. The van der Waals surface area contributed by atoms with Gasteiger partial charge in [-0.05, 0) is 39.3 Å². The van der Waals surface area contributed by atoms with Crippen LogP contribution in [0.4, 0.5) is 0 Å². The molecule has 1 aromatic heterocycles. The Morgan fingerprint density at radius 3 is 2.48 bits per heavy atom. The summed E-state index contributed by atoms with van der Waals surface area (Å²) in [6, 6.07) is 16.8. The van der Waals surface area contributed by atoms with Crippen LogP contribution >= 0.6 is 11.8 Å². The van der Waals surface area contributed by atoms with Gasteiger partial charge in [-0.3, -0.25) is 9.36 Å². The van der Waals surface area contributed by atoms with Crippen LogP contribution in [-0.2, 0) is 4.79 Å². The van der Waals surface area contributed by atoms with Crippen molar-refractivity contribution in [1.82, 2.24) is 14.9 Å². The highest BCUT2D eigenvalue weighted by Gasteiger charge is 2.16. The Kier molecular flexibility index (Phi) is 6.01. The first kappa shape index (κ1) is 19.2. The van der Waals surface area contributed by atoms with Gasteiger partial charge in [-0.2, -0.15) is 0 Å². The highest BCUT2D eigenvalue weighted by molar-refractivity contribution is 7.99. The molecular formula is C22H25N3OS. The van der Waals surface area contributed by atoms with Crippen LogP contribution in [0.1, 0.15) is 25.0 Å². The molecule has 0 radical (unpaired) electrons. The third-order valence-electron chi connectivity index (χ3n) is 4.22. The summed E-state index contributed by atoms with van der Waals surface area (Å²) < 4.78 is 2.15. The Balaban J connectivity index is 2.00. The second-order valence-corrected chi connectivity index (χ2v) is 7.87. The van der Waals surface area contributed by atoms with Crippen LogP contribution in [0.3, 0.4) is 0 Å². The van der Waals surface area contributed by atoms with Crippen molar-refractivity contribution in [2.75, 3.05) is 5.75 Å². The molecule has 0 spiro atoms. The minimum absolute atomic E-state index is 0.0196. The molecule has 0 saturated heterocycles. The van der Waals surface area contributed by atoms with Crippen LogP contribution in [0, 0.1) is 13.8 Å². The van der Waals surface area contributed by atoms with Gasteiger partial charge in [-0.25, -0.2) is 4.98 Å². The summed E-state index contributed by atoms with van der Waals surface area (Å²) in [5, 5.41) is 3.75. The van der Waals surface area contributed by atoms with Crippen LogP contribution in [0.15, 0.2) is 59.9 Å². The van der Waals surface area contributed by atoms with Crippen molar-refractivity contribution >= 4 is 17.7 Å². The second-order valence-electron chi connectivity index (χ2n) is 6.92. The van der Waals surface area contributed by atoms with Gasteiger partial charge in [0.1, 0.15) is 0 Å². The monoisotopic (exact) mass is 379 g/mol. The maximum Gasteiger partial charge on any atom is 0.230 e. The second kappa shape index (κ2) is 8.44. The van der Waals surface area contributed by atoms with E-state index >= 15 is 0 Å². The van der Waals surface area contributed by atoms with Crippen LogP contribution in [0.5, 0.6) is 0 Å². The number of nitrogens with zero attached hydrogens (tertiary/aromatic N) is 2. The maximum atomic E-state index is 12.1. The van der Waals surface area contributed by atoms with Gasteiger partial charge in [-0.15, -0.1) is 0 Å². The van der Waals surface area contributed by atoms with E-state index in [1.54, 1.807) is 0 Å². The van der Waals surface area contributed by atoms with Crippen molar-refractivity contribution < 1.29 is 4.79 Å². The lowest BCUT2D eigenvalue weighted by Gasteiger charge is -2.15. The first-order valence-electron chi connectivity index (χ1n) is 9.08. The lowest BCUT2D eigenvalue weighted by atomic mass is 10.1. The Labute approximate surface area is 165 Å². The smallest absolute Gasteiger partial charge is 0.230 e. The van der Waals surface area contributed by atoms with Gasteiger partial charge in [0.2, 0.25) is 5.91 Å². The summed E-state index contributed by atoms with van der Waals surface area (Å²) in [7, 11) is 0. The van der Waals surface area contributed by atoms with Gasteiger partial charge >= 0.3 is 0 Å². The van der Waals surface area contributed by atoms with Gasteiger partial charge in [0, 0.05) is 11.6 Å². The summed E-state index contributed by atoms with van der Waals surface area (Å²) in [6.07, 6.45) is 1.89. The number of hydrogen-bond donors (Lipinski definition) is 1. The molecule has 140 valence electrons. The quantitative estimate of drug-likeness (QED) is 0.628. The van der Waals surface area contributed by atoms with E-state index in [2.05, 4.69) is 65.1 Å². The highest BCUT2D eigenvalue weighted by atomic mass is 32.2. The molecule has 0 aliphatic rings. The molecule has 0 bridgehead atoms. The molecule has 1 heterocycles. The Hall–Kier alpha value is -2.53. The molecule has 0 aliphatic heterocycles. The predicted molar refractivity (Wildman–Crippen MR) is 112 cm³/mol. The van der Waals surface area contributed by atoms with E-state index in [9.17, 15) is 4.79 Å². The van der Waals surface area contributed by atoms with Gasteiger partial charge in [0.25, 0.3) is 0 Å². The zero-order valence-electron chi connectivity index (χ0n) is 16.2. The molecule has 0 unspecified atom stereocenters. The van der Waals surface area contributed by atoms with E-state index in [1.165, 1.54) is 17.3 Å². The highest BCUT2D eigenvalue weighted by Crippen LogP contribution is 2.31. The number of amides is 1. The number of benzene rings is 2. The molecule has 0 aliphatic carbocycles. The molecule has 5 heteroatoms. The van der Waals surface area contributed by atoms with E-state index < -0.39 is 0 Å². The van der Waals surface area contributed by atoms with Gasteiger partial charge in [0.05, 0.1) is 23.3 Å². The van der Waals surface area contributed by atoms with Crippen molar-refractivity contribution in [1.29, 1.82) is 0 Å². The molecule has 2 aromatic carbocycles. The molecule has 3 rings (SSSR count). The summed E-state index contributed by atoms with van der Waals surface area (Å²) >= 11 is 1.46. The summed E-state index contributed by atoms with van der Waals surface area (Å²) in [6.45, 7) is 8.10. The number of hydrogen-bond acceptors (Lipinski definition) is 3. The molecule has 27 heavy (non-hydrogen) atoms. The molecule has 4 nitrogen and oxygen atoms in total. The zero-order chi connectivity index (χ0) is 19.4. The number of thioether (sulfide) groups is 1. The minimum Gasteiger partial charge on any atom is -0.353 e. The average Bonchev–Trinajstić information content (AvgIpc) is 3.04. The van der Waals surface area contributed by atoms with Crippen molar-refractivity contribution in [3.8, 4) is 16.9 Å². The standard InChI is InChI=1S/C22H25N3OS/c1-15(2)24-21(26)14-27-22-23-13-20(18-11-9-16(3)10-12-18)25(22)19-8-6-5-7-17(19)4/h5-13,15H,14H2,1-4H3,(H,24,26). The number of imidazole rings is 1. The molecule has 0 fully saturated rings. The van der Waals surface area contributed by atoms with Gasteiger partial charge < -0.3 is 5.32 Å². The Morgan fingerprint density at radius 1 is 1.11 bits per heavy atom. The van der Waals surface area contributed by atoms with Gasteiger partial charge in [-0.1, -0.05) is 59.8 Å². The number of para-hydroxylation sites is 1. The van der Waals surface area contributed by atoms with Crippen LogP contribution in [-0.4, -0.2) is 27.3 Å². The largest absolute Gasteiger partial charge is 0.353 e. The minimum atomic E-state index is 0.0196. The molecule has 1 amide bonds. The number of rotatable bonds is 6. The molecule has 1 N–H and O–H groups in total. The summed E-state index contributed by atoms with van der Waals surface area (Å²) in [5.41, 5.74) is 5.60. The summed E-state index contributed by atoms with van der Waals surface area (Å²) in [5.74, 6) is 0.361. The number of carbonyl (C=O) groups is 1. The van der Waals surface area contributed by atoms with Crippen molar-refractivity contribution in [2.24, 2.45) is 0 Å².